The monoisotopic (exact) mass is 444 g/mol. The average Bonchev–Trinajstić information content (AvgIpc) is 3.19. The van der Waals surface area contributed by atoms with Crippen LogP contribution in [-0.2, 0) is 24.0 Å². The highest BCUT2D eigenvalue weighted by Gasteiger charge is 2.30. The smallest absolute Gasteiger partial charge is 0.385 e. The van der Waals surface area contributed by atoms with Crippen molar-refractivity contribution in [2.75, 3.05) is 20.3 Å². The van der Waals surface area contributed by atoms with Crippen molar-refractivity contribution >= 4 is 5.91 Å². The maximum Gasteiger partial charge on any atom is 0.416 e. The number of benzene rings is 2. The summed E-state index contributed by atoms with van der Waals surface area (Å²) in [5.74, 6) is -0.0778. The van der Waals surface area contributed by atoms with Gasteiger partial charge >= 0.3 is 6.18 Å². The van der Waals surface area contributed by atoms with Gasteiger partial charge in [-0.2, -0.15) is 13.2 Å². The number of hydrogen-bond acceptors (Lipinski definition) is 2. The van der Waals surface area contributed by atoms with Crippen molar-refractivity contribution < 1.29 is 22.7 Å². The third-order valence-electron chi connectivity index (χ3n) is 5.32. The number of aryl methyl sites for hydroxylation is 1. The number of alkyl halides is 3. The highest BCUT2D eigenvalue weighted by molar-refractivity contribution is 5.95. The molecule has 0 aliphatic rings. The van der Waals surface area contributed by atoms with Gasteiger partial charge in [-0.05, 0) is 54.8 Å². The van der Waals surface area contributed by atoms with Gasteiger partial charge in [-0.1, -0.05) is 30.3 Å². The van der Waals surface area contributed by atoms with E-state index in [9.17, 15) is 18.0 Å². The number of methoxy groups -OCH3 is 1. The van der Waals surface area contributed by atoms with Gasteiger partial charge in [0.2, 0.25) is 0 Å². The van der Waals surface area contributed by atoms with Gasteiger partial charge in [-0.25, -0.2) is 0 Å². The highest BCUT2D eigenvalue weighted by atomic mass is 19.4. The lowest BCUT2D eigenvalue weighted by Crippen LogP contribution is -2.33. The molecule has 1 amide bonds. The molecular weight excluding hydrogens is 417 g/mol. The van der Waals surface area contributed by atoms with E-state index < -0.39 is 11.7 Å². The molecule has 0 atom stereocenters. The molecule has 32 heavy (non-hydrogen) atoms. The summed E-state index contributed by atoms with van der Waals surface area (Å²) in [5, 5.41) is 0. The zero-order chi connectivity index (χ0) is 23.1. The largest absolute Gasteiger partial charge is 0.416 e. The van der Waals surface area contributed by atoms with E-state index in [0.29, 0.717) is 37.2 Å². The molecular formula is C25H27F3N2O2. The van der Waals surface area contributed by atoms with Crippen LogP contribution in [0.3, 0.4) is 0 Å². The van der Waals surface area contributed by atoms with Gasteiger partial charge in [0.05, 0.1) is 12.1 Å². The fraction of sp³-hybridized carbons (Fsp3) is 0.320. The van der Waals surface area contributed by atoms with Crippen LogP contribution in [0.25, 0.3) is 0 Å². The van der Waals surface area contributed by atoms with E-state index >= 15 is 0 Å². The average molecular weight is 444 g/mol. The van der Waals surface area contributed by atoms with Crippen LogP contribution in [0.2, 0.25) is 0 Å². The normalized spacial score (nSPS) is 11.5. The summed E-state index contributed by atoms with van der Waals surface area (Å²) in [5.41, 5.74) is 2.27. The molecule has 7 heteroatoms. The van der Waals surface area contributed by atoms with Crippen LogP contribution in [0, 0.1) is 6.92 Å². The van der Waals surface area contributed by atoms with Gasteiger partial charge in [-0.3, -0.25) is 4.79 Å². The van der Waals surface area contributed by atoms with Gasteiger partial charge in [-0.15, -0.1) is 0 Å². The summed E-state index contributed by atoms with van der Waals surface area (Å²) in [6, 6.07) is 16.5. The predicted molar refractivity (Wildman–Crippen MR) is 117 cm³/mol. The van der Waals surface area contributed by atoms with E-state index in [0.717, 1.165) is 17.3 Å². The first-order valence-electron chi connectivity index (χ1n) is 10.4. The van der Waals surface area contributed by atoms with Crippen LogP contribution >= 0.6 is 0 Å². The lowest BCUT2D eigenvalue weighted by atomic mass is 10.1. The Bertz CT molecular complexity index is 1040. The van der Waals surface area contributed by atoms with Gasteiger partial charge in [0.1, 0.15) is 0 Å². The maximum absolute atomic E-state index is 13.3. The summed E-state index contributed by atoms with van der Waals surface area (Å²) in [7, 11) is 1.62. The van der Waals surface area contributed by atoms with E-state index in [2.05, 4.69) is 0 Å². The lowest BCUT2D eigenvalue weighted by Gasteiger charge is -2.24. The van der Waals surface area contributed by atoms with Crippen LogP contribution in [0.4, 0.5) is 13.2 Å². The Morgan fingerprint density at radius 3 is 2.56 bits per heavy atom. The van der Waals surface area contributed by atoms with Crippen LogP contribution in [0.1, 0.15) is 39.2 Å². The Labute approximate surface area is 186 Å². The van der Waals surface area contributed by atoms with E-state index in [4.69, 9.17) is 4.74 Å². The lowest BCUT2D eigenvalue weighted by molar-refractivity contribution is -0.137. The quantitative estimate of drug-likeness (QED) is 0.406. The third kappa shape index (κ3) is 6.01. The number of rotatable bonds is 9. The number of carbonyl (C=O) groups is 1. The van der Waals surface area contributed by atoms with Crippen molar-refractivity contribution in [3.05, 3.63) is 94.8 Å². The molecule has 0 bridgehead atoms. The second-order valence-corrected chi connectivity index (χ2v) is 7.71. The van der Waals surface area contributed by atoms with Crippen LogP contribution in [0.5, 0.6) is 0 Å². The van der Waals surface area contributed by atoms with E-state index in [1.54, 1.807) is 18.1 Å². The summed E-state index contributed by atoms with van der Waals surface area (Å²) in [6.45, 7) is 3.58. The summed E-state index contributed by atoms with van der Waals surface area (Å²) in [6.07, 6.45) is -1.88. The molecule has 1 heterocycles. The van der Waals surface area contributed by atoms with Crippen molar-refractivity contribution in [3.63, 3.8) is 0 Å². The van der Waals surface area contributed by atoms with Gasteiger partial charge in [0.25, 0.3) is 5.91 Å². The van der Waals surface area contributed by atoms with Crippen molar-refractivity contribution in [1.82, 2.24) is 9.47 Å². The van der Waals surface area contributed by atoms with E-state index in [-0.39, 0.29) is 12.5 Å². The van der Waals surface area contributed by atoms with Crippen molar-refractivity contribution in [2.45, 2.75) is 32.6 Å². The molecule has 170 valence electrons. The Morgan fingerprint density at radius 2 is 1.84 bits per heavy atom. The zero-order valence-electron chi connectivity index (χ0n) is 18.2. The number of halogens is 3. The highest BCUT2D eigenvalue weighted by Crippen LogP contribution is 2.29. The second-order valence-electron chi connectivity index (χ2n) is 7.71. The SMILES string of the molecule is COCCCN(Cc1cccn1Cc1cccc(C(F)(F)F)c1)C(=O)c1ccccc1C. The minimum absolute atomic E-state index is 0.0778. The van der Waals surface area contributed by atoms with Gasteiger partial charge in [0.15, 0.2) is 0 Å². The molecule has 0 aliphatic heterocycles. The number of nitrogens with zero attached hydrogens (tertiary/aromatic N) is 2. The third-order valence-corrected chi connectivity index (χ3v) is 5.32. The number of amides is 1. The summed E-state index contributed by atoms with van der Waals surface area (Å²) >= 11 is 0. The molecule has 3 rings (SSSR count). The Morgan fingerprint density at radius 1 is 1.06 bits per heavy atom. The fourth-order valence-corrected chi connectivity index (χ4v) is 3.62. The van der Waals surface area contributed by atoms with Gasteiger partial charge < -0.3 is 14.2 Å². The van der Waals surface area contributed by atoms with Crippen molar-refractivity contribution in [2.24, 2.45) is 0 Å². The van der Waals surface area contributed by atoms with Gasteiger partial charge in [0, 0.05) is 44.3 Å². The maximum atomic E-state index is 13.3. The first kappa shape index (κ1) is 23.6. The number of aromatic nitrogens is 1. The summed E-state index contributed by atoms with van der Waals surface area (Å²) < 4.78 is 46.2. The first-order valence-corrected chi connectivity index (χ1v) is 10.4. The molecule has 0 saturated heterocycles. The Balaban J connectivity index is 1.81. The molecule has 0 fully saturated rings. The molecule has 2 aromatic carbocycles. The second kappa shape index (κ2) is 10.5. The minimum atomic E-state index is -4.38. The molecule has 4 nitrogen and oxygen atoms in total. The van der Waals surface area contributed by atoms with Crippen LogP contribution < -0.4 is 0 Å². The molecule has 3 aromatic rings. The first-order chi connectivity index (χ1) is 15.3. The molecule has 1 aromatic heterocycles. The molecule has 0 spiro atoms. The van der Waals surface area contributed by atoms with E-state index in [1.165, 1.54) is 12.1 Å². The molecule has 0 aliphatic carbocycles. The van der Waals surface area contributed by atoms with Crippen LogP contribution in [-0.4, -0.2) is 35.6 Å². The topological polar surface area (TPSA) is 34.5 Å². The minimum Gasteiger partial charge on any atom is -0.385 e. The number of hydrogen-bond donors (Lipinski definition) is 0. The number of ether oxygens (including phenoxy) is 1. The molecule has 0 unspecified atom stereocenters. The number of carbonyl (C=O) groups excluding carboxylic acids is 1. The summed E-state index contributed by atoms with van der Waals surface area (Å²) in [4.78, 5) is 15.0. The molecule has 0 saturated carbocycles. The molecule has 0 radical (unpaired) electrons. The predicted octanol–water partition coefficient (Wildman–Crippen LogP) is 5.54. The van der Waals surface area contributed by atoms with Crippen molar-refractivity contribution in [3.8, 4) is 0 Å². The van der Waals surface area contributed by atoms with E-state index in [1.807, 2.05) is 54.1 Å². The Kier molecular flexibility index (Phi) is 7.75. The Hall–Kier alpha value is -3.06. The van der Waals surface area contributed by atoms with Crippen molar-refractivity contribution in [1.29, 1.82) is 0 Å². The zero-order valence-corrected chi connectivity index (χ0v) is 18.2. The molecule has 0 N–H and O–H groups in total. The fourth-order valence-electron chi connectivity index (χ4n) is 3.62. The standard InChI is InChI=1S/C25H27F3N2O2/c1-19-8-3-4-12-23(19)24(31)30(14-7-15-32-2)18-22-11-6-13-29(22)17-20-9-5-10-21(16-20)25(26,27)28/h3-6,8-13,16H,7,14-15,17-18H2,1-2H3. The van der Waals surface area contributed by atoms with Crippen LogP contribution in [0.15, 0.2) is 66.9 Å².